The first-order valence-corrected chi connectivity index (χ1v) is 7.41. The number of aliphatic carboxylic acids is 1. The minimum atomic E-state index is -0.668. The molecule has 0 amide bonds. The lowest BCUT2D eigenvalue weighted by Gasteiger charge is -2.25. The summed E-state index contributed by atoms with van der Waals surface area (Å²) in [6.45, 7) is 1.57. The fourth-order valence-corrected chi connectivity index (χ4v) is 3.36. The molecule has 0 radical (unpaired) electrons. The van der Waals surface area contributed by atoms with E-state index in [0.717, 1.165) is 36.6 Å². The van der Waals surface area contributed by atoms with Gasteiger partial charge in [0.25, 0.3) is 0 Å². The van der Waals surface area contributed by atoms with Crippen LogP contribution in [0, 0.1) is 5.92 Å². The molecule has 0 spiro atoms. The maximum atomic E-state index is 11.4. The van der Waals surface area contributed by atoms with Crippen LogP contribution in [0.25, 0.3) is 10.9 Å². The van der Waals surface area contributed by atoms with Gasteiger partial charge in [0.1, 0.15) is 0 Å². The first-order valence-electron chi connectivity index (χ1n) is 7.41. The van der Waals surface area contributed by atoms with Gasteiger partial charge in [-0.05, 0) is 50.2 Å². The molecule has 1 heterocycles. The van der Waals surface area contributed by atoms with Gasteiger partial charge >= 0.3 is 5.97 Å². The number of hydrogen-bond acceptors (Lipinski definition) is 2. The molecule has 3 rings (SSSR count). The Morgan fingerprint density at radius 3 is 2.52 bits per heavy atom. The smallest absolute Gasteiger partial charge is 0.306 e. The SMILES string of the molecule is CC(=O)c1ccc2c(C3CCC(C(=O)O)CC3)c[nH]c2c1. The number of rotatable bonds is 3. The lowest BCUT2D eigenvalue weighted by molar-refractivity contribution is -0.142. The zero-order valence-electron chi connectivity index (χ0n) is 12.1. The number of H-pyrrole nitrogens is 1. The number of carboxylic acid groups (broad SMARTS) is 1. The van der Waals surface area contributed by atoms with Gasteiger partial charge in [-0.3, -0.25) is 9.59 Å². The van der Waals surface area contributed by atoms with E-state index in [2.05, 4.69) is 4.98 Å². The molecule has 110 valence electrons. The number of fused-ring (bicyclic) bond motifs is 1. The Labute approximate surface area is 123 Å². The highest BCUT2D eigenvalue weighted by atomic mass is 16.4. The maximum Gasteiger partial charge on any atom is 0.306 e. The molecule has 1 aromatic carbocycles. The van der Waals surface area contributed by atoms with Crippen molar-refractivity contribution in [3.8, 4) is 0 Å². The van der Waals surface area contributed by atoms with E-state index in [1.54, 1.807) is 6.92 Å². The zero-order chi connectivity index (χ0) is 15.0. The monoisotopic (exact) mass is 285 g/mol. The summed E-state index contributed by atoms with van der Waals surface area (Å²) in [6.07, 6.45) is 5.34. The third kappa shape index (κ3) is 2.58. The first-order chi connectivity index (χ1) is 10.1. The Morgan fingerprint density at radius 2 is 1.90 bits per heavy atom. The molecule has 21 heavy (non-hydrogen) atoms. The number of carbonyl (C=O) groups is 2. The second kappa shape index (κ2) is 5.35. The Bertz CT molecular complexity index is 693. The lowest BCUT2D eigenvalue weighted by Crippen LogP contribution is -2.20. The van der Waals surface area contributed by atoms with Gasteiger partial charge in [-0.25, -0.2) is 0 Å². The van der Waals surface area contributed by atoms with E-state index >= 15 is 0 Å². The Morgan fingerprint density at radius 1 is 1.19 bits per heavy atom. The van der Waals surface area contributed by atoms with Crippen molar-refractivity contribution in [1.29, 1.82) is 0 Å². The highest BCUT2D eigenvalue weighted by Crippen LogP contribution is 2.38. The van der Waals surface area contributed by atoms with Gasteiger partial charge in [-0.15, -0.1) is 0 Å². The number of benzene rings is 1. The summed E-state index contributed by atoms with van der Waals surface area (Å²) in [6, 6.07) is 5.76. The fraction of sp³-hybridized carbons (Fsp3) is 0.412. The number of carbonyl (C=O) groups excluding carboxylic acids is 1. The maximum absolute atomic E-state index is 11.4. The van der Waals surface area contributed by atoms with Crippen molar-refractivity contribution in [2.24, 2.45) is 5.92 Å². The number of ketones is 1. The van der Waals surface area contributed by atoms with E-state index < -0.39 is 5.97 Å². The molecule has 1 aliphatic rings. The van der Waals surface area contributed by atoms with Crippen molar-refractivity contribution < 1.29 is 14.7 Å². The van der Waals surface area contributed by atoms with E-state index in [1.165, 1.54) is 5.56 Å². The summed E-state index contributed by atoms with van der Waals surface area (Å²) in [4.78, 5) is 25.7. The molecule has 0 saturated heterocycles. The number of aromatic nitrogens is 1. The van der Waals surface area contributed by atoms with Gasteiger partial charge in [0.15, 0.2) is 5.78 Å². The first kappa shape index (κ1) is 13.9. The summed E-state index contributed by atoms with van der Waals surface area (Å²) in [7, 11) is 0. The van der Waals surface area contributed by atoms with Gasteiger partial charge in [0.05, 0.1) is 5.92 Å². The molecule has 0 unspecified atom stereocenters. The number of aromatic amines is 1. The predicted molar refractivity (Wildman–Crippen MR) is 80.6 cm³/mol. The minimum absolute atomic E-state index is 0.0648. The van der Waals surface area contributed by atoms with E-state index in [-0.39, 0.29) is 11.7 Å². The van der Waals surface area contributed by atoms with Crippen LogP contribution in [0.15, 0.2) is 24.4 Å². The molecule has 1 fully saturated rings. The van der Waals surface area contributed by atoms with Crippen molar-refractivity contribution >= 4 is 22.7 Å². The third-order valence-electron chi connectivity index (χ3n) is 4.64. The molecule has 4 heteroatoms. The Kier molecular flexibility index (Phi) is 3.53. The van der Waals surface area contributed by atoms with Crippen molar-refractivity contribution in [1.82, 2.24) is 4.98 Å². The molecule has 0 atom stereocenters. The van der Waals surface area contributed by atoms with E-state index in [1.807, 2.05) is 24.4 Å². The summed E-state index contributed by atoms with van der Waals surface area (Å²) < 4.78 is 0. The van der Waals surface area contributed by atoms with Gasteiger partial charge < -0.3 is 10.1 Å². The van der Waals surface area contributed by atoms with Crippen LogP contribution in [0.4, 0.5) is 0 Å². The van der Waals surface area contributed by atoms with Crippen molar-refractivity contribution in [3.63, 3.8) is 0 Å². The number of Topliss-reactive ketones (excluding diaryl/α,β-unsaturated/α-hetero) is 1. The largest absolute Gasteiger partial charge is 0.481 e. The lowest BCUT2D eigenvalue weighted by atomic mass is 9.78. The van der Waals surface area contributed by atoms with Crippen LogP contribution in [-0.4, -0.2) is 21.8 Å². The van der Waals surface area contributed by atoms with Gasteiger partial charge in [0, 0.05) is 22.7 Å². The highest BCUT2D eigenvalue weighted by Gasteiger charge is 2.27. The number of nitrogens with one attached hydrogen (secondary N) is 1. The topological polar surface area (TPSA) is 70.2 Å². The van der Waals surface area contributed by atoms with Gasteiger partial charge in [-0.2, -0.15) is 0 Å². The zero-order valence-corrected chi connectivity index (χ0v) is 12.1. The second-order valence-corrected chi connectivity index (χ2v) is 5.95. The standard InChI is InChI=1S/C17H19NO3/c1-10(19)13-6-7-14-15(9-18-16(14)8-13)11-2-4-12(5-3-11)17(20)21/h6-9,11-12,18H,2-5H2,1H3,(H,20,21). The summed E-state index contributed by atoms with van der Waals surface area (Å²) in [5.74, 6) is -0.373. The van der Waals surface area contributed by atoms with Crippen molar-refractivity contribution in [3.05, 3.63) is 35.5 Å². The molecule has 0 aliphatic heterocycles. The normalized spacial score (nSPS) is 22.3. The van der Waals surface area contributed by atoms with E-state index in [0.29, 0.717) is 11.5 Å². The van der Waals surface area contributed by atoms with E-state index in [4.69, 9.17) is 5.11 Å². The quantitative estimate of drug-likeness (QED) is 0.844. The van der Waals surface area contributed by atoms with E-state index in [9.17, 15) is 9.59 Å². The molecule has 2 N–H and O–H groups in total. The van der Waals surface area contributed by atoms with Crippen LogP contribution in [0.2, 0.25) is 0 Å². The van der Waals surface area contributed by atoms with Crippen LogP contribution in [0.1, 0.15) is 54.4 Å². The van der Waals surface area contributed by atoms with Gasteiger partial charge in [-0.1, -0.05) is 12.1 Å². The average molecular weight is 285 g/mol. The predicted octanol–water partition coefficient (Wildman–Crippen LogP) is 3.73. The summed E-state index contributed by atoms with van der Waals surface area (Å²) in [5.41, 5.74) is 2.95. The molecule has 2 aromatic rings. The van der Waals surface area contributed by atoms with Crippen LogP contribution in [0.5, 0.6) is 0 Å². The molecule has 0 bridgehead atoms. The van der Waals surface area contributed by atoms with Crippen LogP contribution in [-0.2, 0) is 4.79 Å². The third-order valence-corrected chi connectivity index (χ3v) is 4.64. The van der Waals surface area contributed by atoms with Crippen LogP contribution < -0.4 is 0 Å². The molecule has 4 nitrogen and oxygen atoms in total. The van der Waals surface area contributed by atoms with Crippen LogP contribution in [0.3, 0.4) is 0 Å². The van der Waals surface area contributed by atoms with Gasteiger partial charge in [0.2, 0.25) is 0 Å². The molecular formula is C17H19NO3. The molecule has 1 aromatic heterocycles. The van der Waals surface area contributed by atoms with Crippen LogP contribution >= 0.6 is 0 Å². The second-order valence-electron chi connectivity index (χ2n) is 5.95. The minimum Gasteiger partial charge on any atom is -0.481 e. The van der Waals surface area contributed by atoms with Crippen molar-refractivity contribution in [2.45, 2.75) is 38.5 Å². The molecular weight excluding hydrogens is 266 g/mol. The highest BCUT2D eigenvalue weighted by molar-refractivity contribution is 5.98. The Hall–Kier alpha value is -2.10. The average Bonchev–Trinajstić information content (AvgIpc) is 2.90. The number of hydrogen-bond donors (Lipinski definition) is 2. The number of carboxylic acids is 1. The summed E-state index contributed by atoms with van der Waals surface area (Å²) >= 11 is 0. The molecule has 1 aliphatic carbocycles. The van der Waals surface area contributed by atoms with Crippen molar-refractivity contribution in [2.75, 3.05) is 0 Å². The molecule has 1 saturated carbocycles. The summed E-state index contributed by atoms with van der Waals surface area (Å²) in [5, 5.41) is 10.2. The fourth-order valence-electron chi connectivity index (χ4n) is 3.36. The Balaban J connectivity index is 1.85.